The van der Waals surface area contributed by atoms with Gasteiger partial charge in [0.1, 0.15) is 5.15 Å². The van der Waals surface area contributed by atoms with Crippen molar-refractivity contribution in [2.45, 2.75) is 13.3 Å². The van der Waals surface area contributed by atoms with Crippen molar-refractivity contribution in [3.63, 3.8) is 0 Å². The molecule has 0 radical (unpaired) electrons. The Morgan fingerprint density at radius 3 is 2.57 bits per heavy atom. The molecule has 4 atom stereocenters. The number of aliphatic carboxylic acids is 1. The molecule has 0 aliphatic heterocycles. The second-order valence-corrected chi connectivity index (χ2v) is 5.87. The quantitative estimate of drug-likeness (QED) is 0.657. The van der Waals surface area contributed by atoms with Gasteiger partial charge in [0.05, 0.1) is 11.8 Å². The van der Waals surface area contributed by atoms with E-state index in [4.69, 9.17) is 11.6 Å². The standard InChI is InChI=1S/C14H14ClN3O3/c1-6-4-9(15)17-14(16-6)18-12(19)10-7-2-3-8(5-7)11(10)13(20)21/h2-4,7-8,10-11H,5H2,1H3,(H,20,21)(H,16,17,18,19). The molecule has 110 valence electrons. The molecule has 3 rings (SSSR count). The molecule has 0 saturated heterocycles. The molecule has 1 amide bonds. The Bertz CT molecular complexity index is 626. The summed E-state index contributed by atoms with van der Waals surface area (Å²) in [4.78, 5) is 31.8. The first-order valence-corrected chi connectivity index (χ1v) is 7.06. The summed E-state index contributed by atoms with van der Waals surface area (Å²) >= 11 is 5.83. The first-order valence-electron chi connectivity index (χ1n) is 6.69. The van der Waals surface area contributed by atoms with Crippen molar-refractivity contribution < 1.29 is 14.7 Å². The SMILES string of the molecule is Cc1cc(Cl)nc(NC(=O)C2C3C=CC(C3)C2C(=O)O)n1. The van der Waals surface area contributed by atoms with Crippen LogP contribution in [0.5, 0.6) is 0 Å². The molecule has 7 heteroatoms. The number of fused-ring (bicyclic) bond motifs is 2. The van der Waals surface area contributed by atoms with Crippen molar-refractivity contribution in [3.05, 3.63) is 29.1 Å². The van der Waals surface area contributed by atoms with Gasteiger partial charge in [-0.2, -0.15) is 0 Å². The fourth-order valence-electron chi connectivity index (χ4n) is 3.30. The van der Waals surface area contributed by atoms with Crippen LogP contribution in [0.15, 0.2) is 18.2 Å². The average Bonchev–Trinajstić information content (AvgIpc) is 2.96. The number of nitrogens with one attached hydrogen (secondary N) is 1. The normalized spacial score (nSPS) is 29.6. The van der Waals surface area contributed by atoms with Crippen LogP contribution < -0.4 is 5.32 Å². The highest BCUT2D eigenvalue weighted by Crippen LogP contribution is 2.48. The lowest BCUT2D eigenvalue weighted by atomic mass is 9.82. The second-order valence-electron chi connectivity index (χ2n) is 5.48. The topological polar surface area (TPSA) is 92.2 Å². The summed E-state index contributed by atoms with van der Waals surface area (Å²) in [5.41, 5.74) is 0.632. The van der Waals surface area contributed by atoms with Gasteiger partial charge in [-0.25, -0.2) is 9.97 Å². The van der Waals surface area contributed by atoms with Crippen molar-refractivity contribution in [2.75, 3.05) is 5.32 Å². The predicted molar refractivity (Wildman–Crippen MR) is 75.8 cm³/mol. The number of carboxylic acids is 1. The minimum atomic E-state index is -0.935. The van der Waals surface area contributed by atoms with Crippen molar-refractivity contribution in [1.82, 2.24) is 9.97 Å². The zero-order valence-electron chi connectivity index (χ0n) is 11.3. The molecule has 1 fully saturated rings. The van der Waals surface area contributed by atoms with Crippen LogP contribution in [0.2, 0.25) is 5.15 Å². The van der Waals surface area contributed by atoms with Gasteiger partial charge in [-0.15, -0.1) is 0 Å². The van der Waals surface area contributed by atoms with Crippen LogP contribution in [0.25, 0.3) is 0 Å². The monoisotopic (exact) mass is 307 g/mol. The van der Waals surface area contributed by atoms with Crippen LogP contribution in [0.1, 0.15) is 12.1 Å². The number of carbonyl (C=O) groups is 2. The van der Waals surface area contributed by atoms with E-state index in [9.17, 15) is 14.7 Å². The molecular weight excluding hydrogens is 294 g/mol. The number of hydrogen-bond acceptors (Lipinski definition) is 4. The fourth-order valence-corrected chi connectivity index (χ4v) is 3.53. The third kappa shape index (κ3) is 2.51. The van der Waals surface area contributed by atoms with Crippen molar-refractivity contribution in [3.8, 4) is 0 Å². The van der Waals surface area contributed by atoms with Crippen LogP contribution in [0, 0.1) is 30.6 Å². The minimum Gasteiger partial charge on any atom is -0.481 e. The summed E-state index contributed by atoms with van der Waals surface area (Å²) in [6.07, 6.45) is 4.54. The Kier molecular flexibility index (Phi) is 3.41. The molecule has 1 aromatic heterocycles. The molecular formula is C14H14ClN3O3. The van der Waals surface area contributed by atoms with Crippen LogP contribution in [0.3, 0.4) is 0 Å². The second kappa shape index (κ2) is 5.11. The van der Waals surface area contributed by atoms with Crippen molar-refractivity contribution in [1.29, 1.82) is 0 Å². The zero-order chi connectivity index (χ0) is 15.1. The highest BCUT2D eigenvalue weighted by molar-refractivity contribution is 6.29. The smallest absolute Gasteiger partial charge is 0.307 e. The number of aromatic nitrogens is 2. The number of aryl methyl sites for hydroxylation is 1. The number of halogens is 1. The molecule has 1 saturated carbocycles. The number of amides is 1. The summed E-state index contributed by atoms with van der Waals surface area (Å²) in [5, 5.41) is 12.2. The van der Waals surface area contributed by atoms with Crippen molar-refractivity contribution in [2.24, 2.45) is 23.7 Å². The van der Waals surface area contributed by atoms with E-state index in [1.807, 2.05) is 12.2 Å². The van der Waals surface area contributed by atoms with E-state index >= 15 is 0 Å². The maximum Gasteiger partial charge on any atom is 0.307 e. The summed E-state index contributed by atoms with van der Waals surface area (Å²) < 4.78 is 0. The Hall–Kier alpha value is -1.95. The molecule has 2 bridgehead atoms. The third-order valence-electron chi connectivity index (χ3n) is 4.11. The molecule has 6 nitrogen and oxygen atoms in total. The molecule has 2 N–H and O–H groups in total. The van der Waals surface area contributed by atoms with E-state index in [1.165, 1.54) is 0 Å². The van der Waals surface area contributed by atoms with E-state index in [0.717, 1.165) is 0 Å². The van der Waals surface area contributed by atoms with Gasteiger partial charge in [0.15, 0.2) is 0 Å². The van der Waals surface area contributed by atoms with Gasteiger partial charge in [0.2, 0.25) is 11.9 Å². The van der Waals surface area contributed by atoms with E-state index in [1.54, 1.807) is 13.0 Å². The lowest BCUT2D eigenvalue weighted by Crippen LogP contribution is -2.36. The Labute approximate surface area is 126 Å². The van der Waals surface area contributed by atoms with Crippen LogP contribution in [-0.4, -0.2) is 27.0 Å². The first kappa shape index (κ1) is 14.0. The zero-order valence-corrected chi connectivity index (χ0v) is 12.0. The Morgan fingerprint density at radius 1 is 1.29 bits per heavy atom. The number of carbonyl (C=O) groups excluding carboxylic acids is 1. The van der Waals surface area contributed by atoms with Gasteiger partial charge in [0.25, 0.3) is 0 Å². The van der Waals surface area contributed by atoms with Crippen LogP contribution >= 0.6 is 11.6 Å². The number of rotatable bonds is 3. The van der Waals surface area contributed by atoms with E-state index in [2.05, 4.69) is 15.3 Å². The molecule has 2 aliphatic rings. The number of allylic oxidation sites excluding steroid dienone is 2. The van der Waals surface area contributed by atoms with Gasteiger partial charge >= 0.3 is 5.97 Å². The van der Waals surface area contributed by atoms with Gasteiger partial charge in [-0.05, 0) is 31.2 Å². The molecule has 0 aromatic carbocycles. The molecule has 0 spiro atoms. The number of hydrogen-bond donors (Lipinski definition) is 2. The summed E-state index contributed by atoms with van der Waals surface area (Å²) in [7, 11) is 0. The minimum absolute atomic E-state index is 0.0311. The highest BCUT2D eigenvalue weighted by Gasteiger charge is 2.51. The molecule has 21 heavy (non-hydrogen) atoms. The van der Waals surface area contributed by atoms with Crippen LogP contribution in [-0.2, 0) is 9.59 Å². The lowest BCUT2D eigenvalue weighted by molar-refractivity contribution is -0.146. The average molecular weight is 308 g/mol. The van der Waals surface area contributed by atoms with Crippen LogP contribution in [0.4, 0.5) is 5.95 Å². The number of carboxylic acid groups (broad SMARTS) is 1. The van der Waals surface area contributed by atoms with Crippen molar-refractivity contribution >= 4 is 29.4 Å². The predicted octanol–water partition coefficient (Wildman–Crippen LogP) is 1.90. The highest BCUT2D eigenvalue weighted by atomic mass is 35.5. The fraction of sp³-hybridized carbons (Fsp3) is 0.429. The largest absolute Gasteiger partial charge is 0.481 e. The number of nitrogens with zero attached hydrogens (tertiary/aromatic N) is 2. The third-order valence-corrected chi connectivity index (χ3v) is 4.30. The molecule has 1 heterocycles. The Morgan fingerprint density at radius 2 is 1.95 bits per heavy atom. The van der Waals surface area contributed by atoms with Gasteiger partial charge in [-0.1, -0.05) is 23.8 Å². The molecule has 4 unspecified atom stereocenters. The van der Waals surface area contributed by atoms with E-state index in [0.29, 0.717) is 12.1 Å². The maximum absolute atomic E-state index is 12.4. The van der Waals surface area contributed by atoms with Gasteiger partial charge in [0, 0.05) is 5.69 Å². The lowest BCUT2D eigenvalue weighted by Gasteiger charge is -2.23. The maximum atomic E-state index is 12.4. The summed E-state index contributed by atoms with van der Waals surface area (Å²) in [6, 6.07) is 1.58. The number of anilines is 1. The summed E-state index contributed by atoms with van der Waals surface area (Å²) in [5.74, 6) is -2.54. The van der Waals surface area contributed by atoms with E-state index < -0.39 is 17.8 Å². The van der Waals surface area contributed by atoms with Gasteiger partial charge in [-0.3, -0.25) is 14.9 Å². The van der Waals surface area contributed by atoms with E-state index in [-0.39, 0.29) is 28.8 Å². The Balaban J connectivity index is 1.82. The first-order chi connectivity index (χ1) is 9.95. The van der Waals surface area contributed by atoms with Gasteiger partial charge < -0.3 is 5.11 Å². The molecule has 2 aliphatic carbocycles. The summed E-state index contributed by atoms with van der Waals surface area (Å²) in [6.45, 7) is 1.74. The molecule has 1 aromatic rings.